The molecule has 208 valence electrons. The molecule has 40 heavy (non-hydrogen) atoms. The second kappa shape index (κ2) is 11.4. The van der Waals surface area contributed by atoms with Gasteiger partial charge in [-0.2, -0.15) is 0 Å². The normalized spacial score (nSPS) is 16.5. The van der Waals surface area contributed by atoms with E-state index in [4.69, 9.17) is 9.15 Å². The molecule has 12 heteroatoms. The van der Waals surface area contributed by atoms with Crippen LogP contribution in [0.25, 0.3) is 11.6 Å². The second-order valence-corrected chi connectivity index (χ2v) is 10.7. The molecule has 2 atom stereocenters. The highest BCUT2D eigenvalue weighted by Crippen LogP contribution is 2.36. The lowest BCUT2D eigenvalue weighted by atomic mass is 9.93. The molecule has 2 amide bonds. The maximum Gasteiger partial charge on any atom is 0.405 e. The van der Waals surface area contributed by atoms with Gasteiger partial charge in [0.05, 0.1) is 12.6 Å². The SMILES string of the molecule is CCOc1cc(C(=O)N2CCC[C@@H]2c2nc(C)cs2)cc(-c2nnc([C@@](C)(Cc3ccccc3)NC(=O)O)o2)n1. The molecule has 2 N–H and O–H groups in total. The second-order valence-electron chi connectivity index (χ2n) is 9.83. The van der Waals surface area contributed by atoms with Gasteiger partial charge in [0.15, 0.2) is 0 Å². The zero-order chi connectivity index (χ0) is 28.3. The predicted octanol–water partition coefficient (Wildman–Crippen LogP) is 5.00. The van der Waals surface area contributed by atoms with E-state index >= 15 is 0 Å². The van der Waals surface area contributed by atoms with Crippen LogP contribution in [-0.4, -0.2) is 55.3 Å². The monoisotopic (exact) mass is 562 g/mol. The average molecular weight is 563 g/mol. The van der Waals surface area contributed by atoms with Crippen LogP contribution in [0, 0.1) is 6.92 Å². The molecule has 3 aromatic heterocycles. The summed E-state index contributed by atoms with van der Waals surface area (Å²) in [6.07, 6.45) is 0.788. The van der Waals surface area contributed by atoms with Gasteiger partial charge in [-0.15, -0.1) is 21.5 Å². The van der Waals surface area contributed by atoms with Crippen LogP contribution in [-0.2, 0) is 12.0 Å². The first-order chi connectivity index (χ1) is 19.3. The number of thiazole rings is 1. The lowest BCUT2D eigenvalue weighted by Crippen LogP contribution is -2.44. The number of ether oxygens (including phenoxy) is 1. The molecule has 0 spiro atoms. The summed E-state index contributed by atoms with van der Waals surface area (Å²) >= 11 is 1.56. The van der Waals surface area contributed by atoms with Gasteiger partial charge in [0.2, 0.25) is 11.8 Å². The molecule has 5 rings (SSSR count). The van der Waals surface area contributed by atoms with Crippen LogP contribution in [0.1, 0.15) is 65.2 Å². The third-order valence-electron chi connectivity index (χ3n) is 6.68. The Morgan fingerprint density at radius 1 is 1.23 bits per heavy atom. The van der Waals surface area contributed by atoms with Crippen molar-refractivity contribution in [3.8, 4) is 17.5 Å². The van der Waals surface area contributed by atoms with Crippen LogP contribution in [0.15, 0.2) is 52.3 Å². The van der Waals surface area contributed by atoms with E-state index in [1.165, 1.54) is 0 Å². The van der Waals surface area contributed by atoms with E-state index < -0.39 is 11.6 Å². The Hall–Kier alpha value is -4.32. The third kappa shape index (κ3) is 5.81. The fraction of sp³-hybridized carbons (Fsp3) is 0.357. The first-order valence-electron chi connectivity index (χ1n) is 13.0. The van der Waals surface area contributed by atoms with E-state index in [0.717, 1.165) is 29.1 Å². The number of aryl methyl sites for hydroxylation is 1. The number of nitrogens with zero attached hydrogens (tertiary/aromatic N) is 5. The van der Waals surface area contributed by atoms with Crippen molar-refractivity contribution in [1.82, 2.24) is 30.4 Å². The molecule has 1 fully saturated rings. The molecule has 1 saturated heterocycles. The van der Waals surface area contributed by atoms with Crippen molar-refractivity contribution in [3.05, 3.63) is 75.6 Å². The lowest BCUT2D eigenvalue weighted by molar-refractivity contribution is 0.0734. The number of hydrogen-bond donors (Lipinski definition) is 2. The van der Waals surface area contributed by atoms with Gasteiger partial charge in [0.1, 0.15) is 16.2 Å². The standard InChI is InChI=1S/C28H30N6O5S/c1-4-38-22-14-19(25(35)34-12-8-11-21(34)24-29-17(2)16-40-24)13-20(30-22)23-32-33-26(39-23)28(3,31-27(36)37)15-18-9-6-5-7-10-18/h5-7,9-10,13-14,16,21,31H,4,8,11-12,15H2,1-3H3,(H,36,37)/t21-,28-/m1/s1. The highest BCUT2D eigenvalue weighted by molar-refractivity contribution is 7.09. The van der Waals surface area contributed by atoms with Crippen LogP contribution in [0.3, 0.4) is 0 Å². The Morgan fingerprint density at radius 2 is 2.02 bits per heavy atom. The maximum absolute atomic E-state index is 13.7. The summed E-state index contributed by atoms with van der Waals surface area (Å²) in [4.78, 5) is 36.4. The molecular weight excluding hydrogens is 532 g/mol. The summed E-state index contributed by atoms with van der Waals surface area (Å²) in [6.45, 7) is 6.42. The van der Waals surface area contributed by atoms with Crippen LogP contribution in [0.5, 0.6) is 5.88 Å². The summed E-state index contributed by atoms with van der Waals surface area (Å²) < 4.78 is 11.7. The fourth-order valence-corrected chi connectivity index (χ4v) is 5.82. The van der Waals surface area contributed by atoms with Gasteiger partial charge < -0.3 is 24.5 Å². The number of rotatable bonds is 9. The molecule has 4 heterocycles. The van der Waals surface area contributed by atoms with Crippen LogP contribution in [0.2, 0.25) is 0 Å². The minimum absolute atomic E-state index is 0.0469. The van der Waals surface area contributed by atoms with Crippen molar-refractivity contribution < 1.29 is 23.8 Å². The average Bonchev–Trinajstić information content (AvgIpc) is 3.69. The van der Waals surface area contributed by atoms with Crippen molar-refractivity contribution in [1.29, 1.82) is 0 Å². The van der Waals surface area contributed by atoms with Gasteiger partial charge in [-0.25, -0.2) is 14.8 Å². The minimum atomic E-state index is -1.22. The maximum atomic E-state index is 13.7. The zero-order valence-corrected chi connectivity index (χ0v) is 23.3. The number of carbonyl (C=O) groups excluding carboxylic acids is 1. The molecule has 0 unspecified atom stereocenters. The van der Waals surface area contributed by atoms with Gasteiger partial charge in [-0.1, -0.05) is 30.3 Å². The van der Waals surface area contributed by atoms with Crippen molar-refractivity contribution in [2.24, 2.45) is 0 Å². The van der Waals surface area contributed by atoms with Crippen LogP contribution in [0.4, 0.5) is 4.79 Å². The van der Waals surface area contributed by atoms with Crippen molar-refractivity contribution in [2.75, 3.05) is 13.2 Å². The molecule has 0 bridgehead atoms. The van der Waals surface area contributed by atoms with E-state index in [2.05, 4.69) is 25.5 Å². The number of aromatic nitrogens is 4. The highest BCUT2D eigenvalue weighted by atomic mass is 32.1. The third-order valence-corrected chi connectivity index (χ3v) is 7.74. The molecule has 1 aliphatic heterocycles. The molecule has 1 aliphatic rings. The zero-order valence-electron chi connectivity index (χ0n) is 22.5. The summed E-state index contributed by atoms with van der Waals surface area (Å²) in [5, 5.41) is 23.3. The van der Waals surface area contributed by atoms with Crippen molar-refractivity contribution in [3.63, 3.8) is 0 Å². The number of carboxylic acid groups (broad SMARTS) is 1. The van der Waals surface area contributed by atoms with Crippen LogP contribution < -0.4 is 10.1 Å². The van der Waals surface area contributed by atoms with Gasteiger partial charge >= 0.3 is 6.09 Å². The molecular formula is C28H30N6O5S. The Bertz CT molecular complexity index is 1510. The van der Waals surface area contributed by atoms with E-state index in [9.17, 15) is 14.7 Å². The quantitative estimate of drug-likeness (QED) is 0.288. The van der Waals surface area contributed by atoms with Gasteiger partial charge in [-0.05, 0) is 45.2 Å². The van der Waals surface area contributed by atoms with Crippen molar-refractivity contribution >= 4 is 23.3 Å². The van der Waals surface area contributed by atoms with Crippen LogP contribution >= 0.6 is 11.3 Å². The van der Waals surface area contributed by atoms with E-state index in [-0.39, 0.29) is 41.7 Å². The fourth-order valence-electron chi connectivity index (χ4n) is 4.88. The van der Waals surface area contributed by atoms with E-state index in [0.29, 0.717) is 18.7 Å². The Balaban J connectivity index is 1.47. The lowest BCUT2D eigenvalue weighted by Gasteiger charge is -2.25. The number of nitrogens with one attached hydrogen (secondary N) is 1. The van der Waals surface area contributed by atoms with Gasteiger partial charge in [0.25, 0.3) is 11.8 Å². The first-order valence-corrected chi connectivity index (χ1v) is 13.9. The summed E-state index contributed by atoms with van der Waals surface area (Å²) in [5.41, 5.74) is 1.25. The summed E-state index contributed by atoms with van der Waals surface area (Å²) in [5.74, 6) is 0.204. The number of likely N-dealkylation sites (tertiary alicyclic amines) is 1. The first kappa shape index (κ1) is 27.3. The Morgan fingerprint density at radius 3 is 2.73 bits per heavy atom. The molecule has 0 saturated carbocycles. The topological polar surface area (TPSA) is 144 Å². The largest absolute Gasteiger partial charge is 0.478 e. The number of hydrogen-bond acceptors (Lipinski definition) is 9. The van der Waals surface area contributed by atoms with Gasteiger partial charge in [-0.3, -0.25) is 4.79 Å². The highest BCUT2D eigenvalue weighted by Gasteiger charge is 2.36. The summed E-state index contributed by atoms with van der Waals surface area (Å²) in [6, 6.07) is 12.5. The number of carbonyl (C=O) groups is 2. The molecule has 11 nitrogen and oxygen atoms in total. The number of amides is 2. The molecule has 0 radical (unpaired) electrons. The van der Waals surface area contributed by atoms with Gasteiger partial charge in [0, 0.05) is 35.7 Å². The molecule has 0 aliphatic carbocycles. The smallest absolute Gasteiger partial charge is 0.405 e. The Kier molecular flexibility index (Phi) is 7.78. The van der Waals surface area contributed by atoms with E-state index in [1.54, 1.807) is 30.4 Å². The van der Waals surface area contributed by atoms with Crippen molar-refractivity contribution in [2.45, 2.75) is 51.6 Å². The summed E-state index contributed by atoms with van der Waals surface area (Å²) in [7, 11) is 0. The number of pyridine rings is 1. The van der Waals surface area contributed by atoms with E-state index in [1.807, 2.05) is 54.5 Å². The Labute approximate surface area is 235 Å². The molecule has 4 aromatic rings. The molecule has 1 aromatic carbocycles. The predicted molar refractivity (Wildman–Crippen MR) is 147 cm³/mol. The number of benzene rings is 1. The minimum Gasteiger partial charge on any atom is -0.478 e.